The Morgan fingerprint density at radius 3 is 2.07 bits per heavy atom. The van der Waals surface area contributed by atoms with Gasteiger partial charge in [-0.05, 0) is 18.9 Å². The van der Waals surface area contributed by atoms with Crippen LogP contribution in [0.15, 0.2) is 47.8 Å². The molecule has 2 aliphatic heterocycles. The van der Waals surface area contributed by atoms with Gasteiger partial charge in [0.1, 0.15) is 24.2 Å². The Morgan fingerprint density at radius 2 is 1.44 bits per heavy atom. The molecule has 0 saturated carbocycles. The zero-order chi connectivity index (χ0) is 18.7. The lowest BCUT2D eigenvalue weighted by Gasteiger charge is -2.32. The minimum atomic E-state index is -3.38. The summed E-state index contributed by atoms with van der Waals surface area (Å²) in [4.78, 5) is 11.2. The second-order valence-electron chi connectivity index (χ2n) is 7.11. The number of anilines is 2. The van der Waals surface area contributed by atoms with Crippen molar-refractivity contribution in [3.8, 4) is 0 Å². The van der Waals surface area contributed by atoms with E-state index in [1.54, 1.807) is 16.6 Å². The Hall–Kier alpha value is -2.19. The van der Waals surface area contributed by atoms with Crippen molar-refractivity contribution in [3.63, 3.8) is 0 Å². The minimum absolute atomic E-state index is 0.354. The maximum Gasteiger partial charge on any atom is 0.274 e. The molecule has 0 aromatic carbocycles. The van der Waals surface area contributed by atoms with Crippen molar-refractivity contribution >= 4 is 21.5 Å². The lowest BCUT2D eigenvalue weighted by atomic mass is 10.2. The highest BCUT2D eigenvalue weighted by Crippen LogP contribution is 2.21. The normalized spacial score (nSPS) is 19.3. The molecule has 7 nitrogen and oxygen atoms in total. The summed E-state index contributed by atoms with van der Waals surface area (Å²) in [6.07, 6.45) is 8.53. The van der Waals surface area contributed by atoms with E-state index < -0.39 is 10.0 Å². The minimum Gasteiger partial charge on any atom is -0.363 e. The maximum absolute atomic E-state index is 12.8. The van der Waals surface area contributed by atoms with E-state index in [9.17, 15) is 8.42 Å². The molecule has 0 unspecified atom stereocenters. The molecule has 27 heavy (non-hydrogen) atoms. The quantitative estimate of drug-likeness (QED) is 0.776. The van der Waals surface area contributed by atoms with Crippen LogP contribution < -0.4 is 19.8 Å². The van der Waals surface area contributed by atoms with Gasteiger partial charge in [-0.3, -0.25) is 4.90 Å². The fourth-order valence-corrected chi connectivity index (χ4v) is 5.29. The highest BCUT2D eigenvalue weighted by atomic mass is 32.2. The molecule has 0 aliphatic carbocycles. The van der Waals surface area contributed by atoms with Gasteiger partial charge in [-0.2, -0.15) is 4.31 Å². The highest BCUT2D eigenvalue weighted by Gasteiger charge is 2.28. The first-order valence-electron chi connectivity index (χ1n) is 9.62. The molecule has 0 spiro atoms. The lowest BCUT2D eigenvalue weighted by Crippen LogP contribution is -2.48. The Bertz CT molecular complexity index is 843. The van der Waals surface area contributed by atoms with Crippen LogP contribution in [0.5, 0.6) is 0 Å². The molecule has 8 heteroatoms. The van der Waals surface area contributed by atoms with Crippen LogP contribution in [0.3, 0.4) is 0 Å². The first-order valence-corrected chi connectivity index (χ1v) is 11.1. The maximum atomic E-state index is 12.8. The number of nitrogens with zero attached hydrogens (tertiary/aromatic N) is 3. The van der Waals surface area contributed by atoms with Crippen molar-refractivity contribution in [2.24, 2.45) is 0 Å². The molecule has 4 rings (SSSR count). The summed E-state index contributed by atoms with van der Waals surface area (Å²) >= 11 is 0. The van der Waals surface area contributed by atoms with Gasteiger partial charge in [-0.1, -0.05) is 6.42 Å². The van der Waals surface area contributed by atoms with Crippen LogP contribution in [0.2, 0.25) is 0 Å². The van der Waals surface area contributed by atoms with Crippen LogP contribution in [-0.4, -0.2) is 52.0 Å². The van der Waals surface area contributed by atoms with Gasteiger partial charge in [0, 0.05) is 37.0 Å². The zero-order valence-corrected chi connectivity index (χ0v) is 16.3. The van der Waals surface area contributed by atoms with Crippen molar-refractivity contribution in [1.29, 1.82) is 0 Å². The van der Waals surface area contributed by atoms with Crippen LogP contribution in [0.4, 0.5) is 11.5 Å². The summed E-state index contributed by atoms with van der Waals surface area (Å²) in [6.45, 7) is 4.92. The molecule has 144 valence electrons. The molecule has 2 fully saturated rings. The fraction of sp³-hybridized carbons (Fsp3) is 0.474. The van der Waals surface area contributed by atoms with E-state index in [1.165, 1.54) is 5.69 Å². The van der Waals surface area contributed by atoms with Gasteiger partial charge in [-0.15, -0.1) is 0 Å². The summed E-state index contributed by atoms with van der Waals surface area (Å²) in [5.41, 5.74) is 1.22. The monoisotopic (exact) mass is 389 g/mol. The summed E-state index contributed by atoms with van der Waals surface area (Å²) in [7, 11) is -3.38. The third-order valence-corrected chi connectivity index (χ3v) is 7.30. The van der Waals surface area contributed by atoms with E-state index >= 15 is 0 Å². The van der Waals surface area contributed by atoms with E-state index in [1.807, 2.05) is 18.5 Å². The smallest absolute Gasteiger partial charge is 0.274 e. The third-order valence-electron chi connectivity index (χ3n) is 5.41. The zero-order valence-electron chi connectivity index (χ0n) is 15.5. The van der Waals surface area contributed by atoms with E-state index in [0.29, 0.717) is 18.0 Å². The molecule has 4 heterocycles. The Morgan fingerprint density at radius 1 is 0.778 bits per heavy atom. The van der Waals surface area contributed by atoms with Crippen LogP contribution in [-0.2, 0) is 10.0 Å². The number of hydrogen-bond donors (Lipinski definition) is 0. The van der Waals surface area contributed by atoms with Crippen LogP contribution >= 0.6 is 0 Å². The number of nitrogens with one attached hydrogen (secondary N) is 2. The summed E-state index contributed by atoms with van der Waals surface area (Å²) in [5, 5.41) is 0. The summed E-state index contributed by atoms with van der Waals surface area (Å²) in [5.74, 6) is 0.966. The van der Waals surface area contributed by atoms with Crippen molar-refractivity contribution < 1.29 is 18.4 Å². The molecule has 2 aliphatic rings. The molecule has 0 radical (unpaired) electrons. The number of aromatic nitrogens is 2. The predicted octanol–water partition coefficient (Wildman–Crippen LogP) is 0.816. The Kier molecular flexibility index (Phi) is 5.27. The topological polar surface area (TPSA) is 72.1 Å². The largest absolute Gasteiger partial charge is 0.363 e. The fourth-order valence-electron chi connectivity index (χ4n) is 3.81. The predicted molar refractivity (Wildman–Crippen MR) is 103 cm³/mol. The SMILES string of the molecule is O=S(=O)(c1ccc(N2CCN(c3cc[nH+]cc3)CC2)[nH+]c1)N1CCCCC1. The molecule has 2 aromatic heterocycles. The van der Waals surface area contributed by atoms with E-state index in [4.69, 9.17) is 0 Å². The summed E-state index contributed by atoms with van der Waals surface area (Å²) < 4.78 is 27.1. The average Bonchev–Trinajstić information content (AvgIpc) is 2.75. The Labute approximate surface area is 160 Å². The first-order chi connectivity index (χ1) is 13.1. The standard InChI is InChI=1S/C19H25N5O2S/c25-27(26,24-10-2-1-3-11-24)18-4-5-19(21-16-18)23-14-12-22(13-15-23)17-6-8-20-9-7-17/h4-9,16H,1-3,10-15H2/p+2. The van der Waals surface area contributed by atoms with Crippen LogP contribution in [0.1, 0.15) is 19.3 Å². The molecule has 0 bridgehead atoms. The third kappa shape index (κ3) is 3.91. The lowest BCUT2D eigenvalue weighted by molar-refractivity contribution is -0.377. The molecular weight excluding hydrogens is 362 g/mol. The number of sulfonamides is 1. The molecule has 2 aromatic rings. The molecule has 0 amide bonds. The molecular formula is C19H27N5O2S+2. The second-order valence-corrected chi connectivity index (χ2v) is 9.04. The van der Waals surface area contributed by atoms with Gasteiger partial charge in [0.2, 0.25) is 10.0 Å². The average molecular weight is 390 g/mol. The number of rotatable bonds is 4. The highest BCUT2D eigenvalue weighted by molar-refractivity contribution is 7.89. The van der Waals surface area contributed by atoms with Crippen molar-refractivity contribution in [2.75, 3.05) is 49.1 Å². The van der Waals surface area contributed by atoms with Crippen molar-refractivity contribution in [1.82, 2.24) is 4.31 Å². The number of pyridine rings is 2. The molecule has 2 saturated heterocycles. The van der Waals surface area contributed by atoms with Gasteiger partial charge < -0.3 is 4.90 Å². The first kappa shape index (κ1) is 18.2. The van der Waals surface area contributed by atoms with E-state index in [-0.39, 0.29) is 0 Å². The van der Waals surface area contributed by atoms with Crippen LogP contribution in [0, 0.1) is 0 Å². The number of piperazine rings is 1. The van der Waals surface area contributed by atoms with Crippen LogP contribution in [0.25, 0.3) is 0 Å². The van der Waals surface area contributed by atoms with Gasteiger partial charge >= 0.3 is 0 Å². The number of piperidine rings is 1. The van der Waals surface area contributed by atoms with E-state index in [0.717, 1.165) is 51.3 Å². The number of hydrogen-bond acceptors (Lipinski definition) is 4. The molecule has 0 atom stereocenters. The van der Waals surface area contributed by atoms with E-state index in [2.05, 4.69) is 31.9 Å². The molecule has 2 N–H and O–H groups in total. The number of H-pyrrole nitrogens is 2. The van der Waals surface area contributed by atoms with Gasteiger partial charge in [-0.25, -0.2) is 18.4 Å². The van der Waals surface area contributed by atoms with Gasteiger partial charge in [0.25, 0.3) is 5.82 Å². The van der Waals surface area contributed by atoms with Gasteiger partial charge in [0.05, 0.1) is 13.1 Å². The second kappa shape index (κ2) is 7.82. The Balaban J connectivity index is 1.41. The summed E-state index contributed by atoms with van der Waals surface area (Å²) in [6, 6.07) is 7.79. The van der Waals surface area contributed by atoms with Crippen molar-refractivity contribution in [3.05, 3.63) is 42.9 Å². The van der Waals surface area contributed by atoms with Crippen molar-refractivity contribution in [2.45, 2.75) is 24.2 Å². The number of aromatic amines is 2. The van der Waals surface area contributed by atoms with Gasteiger partial charge in [0.15, 0.2) is 12.4 Å².